The maximum atomic E-state index is 12.0. The van der Waals surface area contributed by atoms with Crippen LogP contribution in [0.2, 0.25) is 5.02 Å². The van der Waals surface area contributed by atoms with Gasteiger partial charge in [0.1, 0.15) is 6.23 Å². The van der Waals surface area contributed by atoms with Crippen LogP contribution in [0.15, 0.2) is 34.4 Å². The minimum Gasteiger partial charge on any atom is -0.378 e. The van der Waals surface area contributed by atoms with Gasteiger partial charge in [0.05, 0.1) is 24.8 Å². The third kappa shape index (κ3) is 4.72. The van der Waals surface area contributed by atoms with Crippen molar-refractivity contribution < 1.29 is 9.90 Å². The summed E-state index contributed by atoms with van der Waals surface area (Å²) in [6, 6.07) is 7.53. The van der Waals surface area contributed by atoms with Crippen LogP contribution in [0.4, 0.5) is 0 Å². The Morgan fingerprint density at radius 1 is 1.38 bits per heavy atom. The number of nitrogens with zero attached hydrogens (tertiary/aromatic N) is 6. The van der Waals surface area contributed by atoms with Gasteiger partial charge in [0, 0.05) is 30.6 Å². The zero-order chi connectivity index (χ0) is 22.7. The van der Waals surface area contributed by atoms with E-state index < -0.39 is 6.23 Å². The van der Waals surface area contributed by atoms with Crippen LogP contribution in [-0.2, 0) is 4.79 Å². The number of benzene rings is 1. The van der Waals surface area contributed by atoms with Gasteiger partial charge in [-0.05, 0) is 43.9 Å². The summed E-state index contributed by atoms with van der Waals surface area (Å²) >= 11 is 6.06. The molecule has 3 aliphatic rings. The van der Waals surface area contributed by atoms with E-state index in [4.69, 9.17) is 16.7 Å². The molecule has 10 heteroatoms. The van der Waals surface area contributed by atoms with E-state index in [0.29, 0.717) is 37.0 Å². The van der Waals surface area contributed by atoms with Gasteiger partial charge in [-0.25, -0.2) is 10.0 Å². The number of carbonyl (C=O) groups excluding carboxylic acids is 1. The number of hydrazone groups is 1. The molecule has 170 valence electrons. The van der Waals surface area contributed by atoms with Crippen LogP contribution in [0.25, 0.3) is 0 Å². The maximum absolute atomic E-state index is 12.0. The molecule has 3 unspecified atom stereocenters. The van der Waals surface area contributed by atoms with Crippen LogP contribution >= 0.6 is 11.6 Å². The van der Waals surface area contributed by atoms with Gasteiger partial charge in [-0.2, -0.15) is 10.4 Å². The standard InChI is InChI=1S/C22H28ClN7O2/c1-15-4-9-20(32)28(15)12-10-25-22(26-14-24)30-13-18(29-11-2-3-19(29)31)21(27-30)16-5-7-17(23)8-6-16/h5-8,15,18-19,31H,2-4,9-13H2,1H3,(H,25,26). The molecule has 0 saturated carbocycles. The molecule has 0 radical (unpaired) electrons. The highest BCUT2D eigenvalue weighted by Crippen LogP contribution is 2.26. The second-order valence-corrected chi connectivity index (χ2v) is 8.80. The fraction of sp³-hybridized carbons (Fsp3) is 0.545. The van der Waals surface area contributed by atoms with E-state index in [1.165, 1.54) is 0 Å². The van der Waals surface area contributed by atoms with Crippen LogP contribution in [-0.4, -0.2) is 82.0 Å². The minimum absolute atomic E-state index is 0.139. The van der Waals surface area contributed by atoms with Crippen LogP contribution in [0, 0.1) is 11.5 Å². The Hall–Kier alpha value is -2.67. The van der Waals surface area contributed by atoms with Gasteiger partial charge < -0.3 is 10.0 Å². The first-order valence-electron chi connectivity index (χ1n) is 11.0. The van der Waals surface area contributed by atoms with Crippen molar-refractivity contribution in [2.45, 2.75) is 50.9 Å². The van der Waals surface area contributed by atoms with Crippen molar-refractivity contribution in [3.05, 3.63) is 34.9 Å². The molecule has 32 heavy (non-hydrogen) atoms. The molecule has 2 fully saturated rings. The average molecular weight is 458 g/mol. The first-order chi connectivity index (χ1) is 15.5. The Morgan fingerprint density at radius 2 is 2.16 bits per heavy atom. The lowest BCUT2D eigenvalue weighted by atomic mass is 10.0. The Morgan fingerprint density at radius 3 is 2.78 bits per heavy atom. The van der Waals surface area contributed by atoms with Gasteiger partial charge in [0.25, 0.3) is 0 Å². The van der Waals surface area contributed by atoms with Gasteiger partial charge in [-0.15, -0.1) is 0 Å². The SMILES string of the molecule is CC1CCC(=O)N1CCN=C(NC#N)N1CC(N2CCCC2O)C(c2ccc(Cl)cc2)=N1. The molecule has 1 aromatic carbocycles. The Bertz CT molecular complexity index is 943. The highest BCUT2D eigenvalue weighted by Gasteiger charge is 2.39. The topological polar surface area (TPSA) is 108 Å². The van der Waals surface area contributed by atoms with Crippen molar-refractivity contribution in [3.63, 3.8) is 0 Å². The van der Waals surface area contributed by atoms with Crippen LogP contribution in [0.1, 0.15) is 38.2 Å². The number of amides is 1. The predicted molar refractivity (Wildman–Crippen MR) is 122 cm³/mol. The number of rotatable bonds is 5. The molecule has 0 aliphatic carbocycles. The molecule has 0 bridgehead atoms. The maximum Gasteiger partial charge on any atom is 0.228 e. The molecular weight excluding hydrogens is 430 g/mol. The molecular formula is C22H28ClN7O2. The number of guanidine groups is 1. The van der Waals surface area contributed by atoms with Gasteiger partial charge in [-0.1, -0.05) is 23.7 Å². The Labute approximate surface area is 192 Å². The molecule has 9 nitrogen and oxygen atoms in total. The summed E-state index contributed by atoms with van der Waals surface area (Å²) in [7, 11) is 0. The lowest BCUT2D eigenvalue weighted by Gasteiger charge is -2.28. The van der Waals surface area contributed by atoms with Crippen molar-refractivity contribution in [3.8, 4) is 6.19 Å². The third-order valence-electron chi connectivity index (χ3n) is 6.33. The largest absolute Gasteiger partial charge is 0.378 e. The number of nitriles is 1. The first kappa shape index (κ1) is 22.5. The predicted octanol–water partition coefficient (Wildman–Crippen LogP) is 1.58. The highest BCUT2D eigenvalue weighted by molar-refractivity contribution is 6.30. The van der Waals surface area contributed by atoms with E-state index in [0.717, 1.165) is 37.1 Å². The van der Waals surface area contributed by atoms with Crippen LogP contribution in [0.5, 0.6) is 0 Å². The molecule has 2 saturated heterocycles. The lowest BCUT2D eigenvalue weighted by molar-refractivity contribution is -0.128. The van der Waals surface area contributed by atoms with E-state index in [1.807, 2.05) is 47.2 Å². The molecule has 1 aromatic rings. The molecule has 3 heterocycles. The number of hydrogen-bond acceptors (Lipinski definition) is 6. The molecule has 0 spiro atoms. The summed E-state index contributed by atoms with van der Waals surface area (Å²) in [5.41, 5.74) is 1.71. The van der Waals surface area contributed by atoms with E-state index in [2.05, 4.69) is 10.3 Å². The van der Waals surface area contributed by atoms with Crippen molar-refractivity contribution >= 4 is 29.2 Å². The molecule has 0 aromatic heterocycles. The summed E-state index contributed by atoms with van der Waals surface area (Å²) < 4.78 is 0. The summed E-state index contributed by atoms with van der Waals surface area (Å²) in [6.45, 7) is 4.16. The Kier molecular flexibility index (Phi) is 6.94. The number of hydrogen-bond donors (Lipinski definition) is 2. The zero-order valence-corrected chi connectivity index (χ0v) is 18.9. The van der Waals surface area contributed by atoms with E-state index in [1.54, 1.807) is 5.01 Å². The normalized spacial score (nSPS) is 26.6. The van der Waals surface area contributed by atoms with E-state index in [9.17, 15) is 15.2 Å². The average Bonchev–Trinajstić information content (AvgIpc) is 3.48. The van der Waals surface area contributed by atoms with Crippen molar-refractivity contribution in [1.29, 1.82) is 5.26 Å². The molecule has 3 aliphatic heterocycles. The zero-order valence-electron chi connectivity index (χ0n) is 18.1. The monoisotopic (exact) mass is 457 g/mol. The summed E-state index contributed by atoms with van der Waals surface area (Å²) in [6.07, 6.45) is 4.51. The van der Waals surface area contributed by atoms with Crippen molar-refractivity contribution in [2.24, 2.45) is 10.1 Å². The molecule has 3 atom stereocenters. The summed E-state index contributed by atoms with van der Waals surface area (Å²) in [4.78, 5) is 20.5. The fourth-order valence-corrected chi connectivity index (χ4v) is 4.74. The van der Waals surface area contributed by atoms with Crippen molar-refractivity contribution in [2.75, 3.05) is 26.2 Å². The second kappa shape index (κ2) is 9.86. The van der Waals surface area contributed by atoms with Gasteiger partial charge in [0.15, 0.2) is 6.19 Å². The summed E-state index contributed by atoms with van der Waals surface area (Å²) in [5.74, 6) is 0.490. The summed E-state index contributed by atoms with van der Waals surface area (Å²) in [5, 5.41) is 29.5. The number of nitrogens with one attached hydrogen (secondary N) is 1. The number of carbonyl (C=O) groups is 1. The minimum atomic E-state index is -0.524. The highest BCUT2D eigenvalue weighted by atomic mass is 35.5. The number of likely N-dealkylation sites (tertiary alicyclic amines) is 2. The third-order valence-corrected chi connectivity index (χ3v) is 6.59. The Balaban J connectivity index is 1.56. The molecule has 2 N–H and O–H groups in total. The first-order valence-corrected chi connectivity index (χ1v) is 11.4. The number of aliphatic hydroxyl groups excluding tert-OH is 1. The van der Waals surface area contributed by atoms with Crippen LogP contribution in [0.3, 0.4) is 0 Å². The number of aliphatic imine (C=N–C) groups is 1. The second-order valence-electron chi connectivity index (χ2n) is 8.37. The lowest BCUT2D eigenvalue weighted by Crippen LogP contribution is -2.47. The van der Waals surface area contributed by atoms with E-state index in [-0.39, 0.29) is 18.0 Å². The van der Waals surface area contributed by atoms with Gasteiger partial charge in [0.2, 0.25) is 11.9 Å². The fourth-order valence-electron chi connectivity index (χ4n) is 4.61. The van der Waals surface area contributed by atoms with Gasteiger partial charge >= 0.3 is 0 Å². The molecule has 1 amide bonds. The smallest absolute Gasteiger partial charge is 0.228 e. The quantitative estimate of drug-likeness (QED) is 0.301. The molecule has 4 rings (SSSR count). The number of aliphatic hydroxyl groups is 1. The van der Waals surface area contributed by atoms with Gasteiger partial charge in [-0.3, -0.25) is 15.0 Å². The van der Waals surface area contributed by atoms with Crippen LogP contribution < -0.4 is 5.32 Å². The van der Waals surface area contributed by atoms with Crippen molar-refractivity contribution in [1.82, 2.24) is 20.1 Å². The number of halogens is 1. The van der Waals surface area contributed by atoms with E-state index >= 15 is 0 Å².